The average molecular weight is 268 g/mol. The first-order valence-electron chi connectivity index (χ1n) is 5.56. The van der Waals surface area contributed by atoms with Crippen molar-refractivity contribution in [2.24, 2.45) is 5.10 Å². The zero-order valence-electron chi connectivity index (χ0n) is 9.97. The lowest BCUT2D eigenvalue weighted by molar-refractivity contribution is -0.111. The van der Waals surface area contributed by atoms with E-state index in [4.69, 9.17) is 16.3 Å². The molecule has 6 heteroatoms. The van der Waals surface area contributed by atoms with Crippen molar-refractivity contribution >= 4 is 23.7 Å². The van der Waals surface area contributed by atoms with Gasteiger partial charge in [-0.05, 0) is 24.3 Å². The molecular weight excluding hydrogens is 254 g/mol. The van der Waals surface area contributed by atoms with Gasteiger partial charge >= 0.3 is 0 Å². The lowest BCUT2D eigenvalue weighted by atomic mass is 10.2. The van der Waals surface area contributed by atoms with E-state index in [9.17, 15) is 4.79 Å². The molecule has 0 amide bonds. The molecule has 1 aromatic carbocycles. The minimum Gasteiger partial charge on any atom is -0.383 e. The Balaban J connectivity index is 2.19. The van der Waals surface area contributed by atoms with Crippen LogP contribution >= 0.6 is 11.6 Å². The summed E-state index contributed by atoms with van der Waals surface area (Å²) in [6.07, 6.45) is 0.382. The second kappa shape index (κ2) is 5.84. The van der Waals surface area contributed by atoms with E-state index < -0.39 is 6.17 Å². The number of amidine groups is 1. The Labute approximate surface area is 110 Å². The van der Waals surface area contributed by atoms with Crippen molar-refractivity contribution in [3.05, 3.63) is 34.9 Å². The number of methoxy groups -OCH3 is 1. The van der Waals surface area contributed by atoms with Crippen molar-refractivity contribution in [1.82, 2.24) is 10.3 Å². The van der Waals surface area contributed by atoms with Gasteiger partial charge in [0.05, 0.1) is 6.61 Å². The number of hydrazone groups is 1. The topological polar surface area (TPSA) is 53.9 Å². The van der Waals surface area contributed by atoms with E-state index in [1.807, 2.05) is 17.0 Å². The van der Waals surface area contributed by atoms with Gasteiger partial charge in [-0.3, -0.25) is 10.2 Å². The molecule has 0 aliphatic carbocycles. The molecule has 1 aliphatic rings. The number of carbonyl (C=O) groups is 1. The van der Waals surface area contributed by atoms with Crippen molar-refractivity contribution in [3.8, 4) is 0 Å². The summed E-state index contributed by atoms with van der Waals surface area (Å²) in [6, 6.07) is 7.33. The van der Waals surface area contributed by atoms with E-state index in [1.54, 1.807) is 19.2 Å². The number of rotatable bonds is 5. The Hall–Kier alpha value is -1.59. The lowest BCUT2D eigenvalue weighted by Gasteiger charge is -2.23. The minimum absolute atomic E-state index is 0.439. The van der Waals surface area contributed by atoms with Crippen LogP contribution in [0.15, 0.2) is 29.4 Å². The zero-order valence-corrected chi connectivity index (χ0v) is 10.7. The molecule has 0 saturated carbocycles. The highest BCUT2D eigenvalue weighted by molar-refractivity contribution is 6.30. The number of hydrogen-bond acceptors (Lipinski definition) is 5. The SMILES string of the molecule is COCCN1C(c2ccc(Cl)cc2)=NNC1C=O. The number of carbonyl (C=O) groups excluding carboxylic acids is 1. The molecule has 0 saturated heterocycles. The molecule has 0 bridgehead atoms. The molecule has 0 radical (unpaired) electrons. The largest absolute Gasteiger partial charge is 0.383 e. The molecular formula is C12H14ClN3O2. The number of benzene rings is 1. The Morgan fingerprint density at radius 3 is 2.83 bits per heavy atom. The van der Waals surface area contributed by atoms with Crippen LogP contribution in [0, 0.1) is 0 Å². The molecule has 2 rings (SSSR count). The highest BCUT2D eigenvalue weighted by Gasteiger charge is 2.27. The quantitative estimate of drug-likeness (QED) is 0.811. The maximum atomic E-state index is 11.0. The van der Waals surface area contributed by atoms with Crippen molar-refractivity contribution < 1.29 is 9.53 Å². The van der Waals surface area contributed by atoms with Gasteiger partial charge in [-0.1, -0.05) is 11.6 Å². The Morgan fingerprint density at radius 1 is 1.50 bits per heavy atom. The van der Waals surface area contributed by atoms with Gasteiger partial charge < -0.3 is 9.64 Å². The summed E-state index contributed by atoms with van der Waals surface area (Å²) >= 11 is 5.85. The van der Waals surface area contributed by atoms with E-state index in [2.05, 4.69) is 10.5 Å². The summed E-state index contributed by atoms with van der Waals surface area (Å²) in [5.74, 6) is 0.723. The molecule has 1 unspecified atom stereocenters. The van der Waals surface area contributed by atoms with Crippen molar-refractivity contribution in [2.75, 3.05) is 20.3 Å². The maximum Gasteiger partial charge on any atom is 0.173 e. The monoisotopic (exact) mass is 267 g/mol. The van der Waals surface area contributed by atoms with E-state index in [-0.39, 0.29) is 0 Å². The molecule has 5 nitrogen and oxygen atoms in total. The summed E-state index contributed by atoms with van der Waals surface area (Å²) < 4.78 is 5.04. The fourth-order valence-corrected chi connectivity index (χ4v) is 1.89. The van der Waals surface area contributed by atoms with Gasteiger partial charge in [0.25, 0.3) is 0 Å². The Bertz CT molecular complexity index is 447. The van der Waals surface area contributed by atoms with Crippen molar-refractivity contribution in [3.63, 3.8) is 0 Å². The molecule has 96 valence electrons. The predicted octanol–water partition coefficient (Wildman–Crippen LogP) is 1.08. The van der Waals surface area contributed by atoms with Gasteiger partial charge in [0, 0.05) is 24.2 Å². The van der Waals surface area contributed by atoms with E-state index in [0.29, 0.717) is 18.2 Å². The summed E-state index contributed by atoms with van der Waals surface area (Å²) in [7, 11) is 1.62. The third kappa shape index (κ3) is 2.63. The molecule has 0 fully saturated rings. The molecule has 0 spiro atoms. The Morgan fingerprint density at radius 2 is 2.22 bits per heavy atom. The first-order valence-corrected chi connectivity index (χ1v) is 5.94. The molecule has 0 aromatic heterocycles. The van der Waals surface area contributed by atoms with Crippen LogP contribution in [0.5, 0.6) is 0 Å². The van der Waals surface area contributed by atoms with Crippen LogP contribution in [-0.4, -0.2) is 43.4 Å². The number of aldehydes is 1. The van der Waals surface area contributed by atoms with Gasteiger partial charge in [-0.2, -0.15) is 5.10 Å². The van der Waals surface area contributed by atoms with Gasteiger partial charge in [0.15, 0.2) is 18.3 Å². The number of hydrogen-bond donors (Lipinski definition) is 1. The first-order chi connectivity index (χ1) is 8.76. The van der Waals surface area contributed by atoms with Crippen molar-refractivity contribution in [1.29, 1.82) is 0 Å². The highest BCUT2D eigenvalue weighted by atomic mass is 35.5. The highest BCUT2D eigenvalue weighted by Crippen LogP contribution is 2.15. The van der Waals surface area contributed by atoms with Gasteiger partial charge in [-0.25, -0.2) is 0 Å². The van der Waals surface area contributed by atoms with E-state index in [1.165, 1.54) is 0 Å². The molecule has 1 aliphatic heterocycles. The first kappa shape index (κ1) is 12.9. The molecule has 1 N–H and O–H groups in total. The second-order valence-electron chi connectivity index (χ2n) is 3.84. The van der Waals surface area contributed by atoms with E-state index >= 15 is 0 Å². The molecule has 1 aromatic rings. The summed E-state index contributed by atoms with van der Waals surface area (Å²) in [5, 5.41) is 4.85. The average Bonchev–Trinajstić information content (AvgIpc) is 2.80. The lowest BCUT2D eigenvalue weighted by Crippen LogP contribution is -2.43. The number of ether oxygens (including phenoxy) is 1. The number of nitrogens with zero attached hydrogens (tertiary/aromatic N) is 2. The Kier molecular flexibility index (Phi) is 4.17. The zero-order chi connectivity index (χ0) is 13.0. The van der Waals surface area contributed by atoms with Gasteiger partial charge in [-0.15, -0.1) is 0 Å². The standard InChI is InChI=1S/C12H14ClN3O2/c1-18-7-6-16-11(8-17)14-15-12(16)9-2-4-10(13)5-3-9/h2-5,8,11,14H,6-7H2,1H3. The maximum absolute atomic E-state index is 11.0. The second-order valence-corrected chi connectivity index (χ2v) is 4.27. The summed E-state index contributed by atoms with van der Waals surface area (Å²) in [6.45, 7) is 1.12. The summed E-state index contributed by atoms with van der Waals surface area (Å²) in [4.78, 5) is 12.8. The van der Waals surface area contributed by atoms with Gasteiger partial charge in [0.2, 0.25) is 0 Å². The van der Waals surface area contributed by atoms with Crippen molar-refractivity contribution in [2.45, 2.75) is 6.17 Å². The number of nitrogens with one attached hydrogen (secondary N) is 1. The fourth-order valence-electron chi connectivity index (χ4n) is 1.76. The van der Waals surface area contributed by atoms with Crippen LogP contribution in [-0.2, 0) is 9.53 Å². The van der Waals surface area contributed by atoms with Crippen LogP contribution in [0.2, 0.25) is 5.02 Å². The van der Waals surface area contributed by atoms with Crippen LogP contribution in [0.4, 0.5) is 0 Å². The van der Waals surface area contributed by atoms with Crippen LogP contribution < -0.4 is 5.43 Å². The molecule has 1 heterocycles. The smallest absolute Gasteiger partial charge is 0.173 e. The van der Waals surface area contributed by atoms with Crippen LogP contribution in [0.3, 0.4) is 0 Å². The van der Waals surface area contributed by atoms with Crippen LogP contribution in [0.25, 0.3) is 0 Å². The molecule has 18 heavy (non-hydrogen) atoms. The van der Waals surface area contributed by atoms with Gasteiger partial charge in [0.1, 0.15) is 0 Å². The predicted molar refractivity (Wildman–Crippen MR) is 69.6 cm³/mol. The third-order valence-corrected chi connectivity index (χ3v) is 2.93. The fraction of sp³-hybridized carbons (Fsp3) is 0.333. The number of halogens is 1. The van der Waals surface area contributed by atoms with E-state index in [0.717, 1.165) is 17.7 Å². The third-order valence-electron chi connectivity index (χ3n) is 2.68. The minimum atomic E-state index is -0.439. The summed E-state index contributed by atoms with van der Waals surface area (Å²) in [5.41, 5.74) is 3.70. The molecule has 1 atom stereocenters. The van der Waals surface area contributed by atoms with Crippen LogP contribution in [0.1, 0.15) is 5.56 Å². The normalized spacial score (nSPS) is 18.4.